The molecule has 0 fully saturated rings. The molecular formula is C28H28OS2. The summed E-state index contributed by atoms with van der Waals surface area (Å²) in [7, 11) is 0. The summed E-state index contributed by atoms with van der Waals surface area (Å²) in [5.74, 6) is 0.0625. The van der Waals surface area contributed by atoms with E-state index < -0.39 is 0 Å². The van der Waals surface area contributed by atoms with Crippen LogP contribution in [-0.4, -0.2) is 5.78 Å². The Morgan fingerprint density at radius 2 is 1.35 bits per heavy atom. The molecule has 0 aromatic heterocycles. The highest BCUT2D eigenvalue weighted by Gasteiger charge is 2.08. The Bertz CT molecular complexity index is 1000. The molecule has 1 aliphatic rings. The first kappa shape index (κ1) is 24.5. The molecule has 31 heavy (non-hydrogen) atoms. The quantitative estimate of drug-likeness (QED) is 0.247. The summed E-state index contributed by atoms with van der Waals surface area (Å²) in [5.41, 5.74) is 2.70. The summed E-state index contributed by atoms with van der Waals surface area (Å²) in [6, 6.07) is 25.6. The largest absolute Gasteiger partial charge is 0.289 e. The zero-order valence-electron chi connectivity index (χ0n) is 17.8. The number of aryl methyl sites for hydroxylation is 1. The SMILES string of the molecule is C=C.Cc1ccc(Sc2ccc(C(=O)c3ccccc3)cc2)cc1.SC1=CCCC=C1. The van der Waals surface area contributed by atoms with Crippen LogP contribution in [0, 0.1) is 6.92 Å². The zero-order valence-corrected chi connectivity index (χ0v) is 19.5. The fourth-order valence-corrected chi connectivity index (χ4v) is 3.82. The van der Waals surface area contributed by atoms with Crippen molar-refractivity contribution in [3.05, 3.63) is 132 Å². The number of thiol groups is 1. The van der Waals surface area contributed by atoms with Crippen molar-refractivity contribution in [2.24, 2.45) is 0 Å². The summed E-state index contributed by atoms with van der Waals surface area (Å²) in [4.78, 5) is 15.8. The molecule has 0 unspecified atom stereocenters. The minimum Gasteiger partial charge on any atom is -0.289 e. The number of hydrogen-bond acceptors (Lipinski definition) is 3. The maximum atomic E-state index is 12.3. The summed E-state index contributed by atoms with van der Waals surface area (Å²) in [5, 5.41) is 0. The minimum atomic E-state index is 0.0625. The van der Waals surface area contributed by atoms with Crippen LogP contribution in [0.2, 0.25) is 0 Å². The van der Waals surface area contributed by atoms with Gasteiger partial charge in [-0.15, -0.1) is 25.8 Å². The second-order valence-electron chi connectivity index (χ2n) is 6.74. The van der Waals surface area contributed by atoms with Gasteiger partial charge in [0.2, 0.25) is 0 Å². The molecule has 0 N–H and O–H groups in total. The third-order valence-corrected chi connectivity index (χ3v) is 5.73. The van der Waals surface area contributed by atoms with Crippen molar-refractivity contribution in [3.63, 3.8) is 0 Å². The average Bonchev–Trinajstić information content (AvgIpc) is 2.83. The van der Waals surface area contributed by atoms with Crippen molar-refractivity contribution in [1.82, 2.24) is 0 Å². The number of carbonyl (C=O) groups is 1. The maximum Gasteiger partial charge on any atom is 0.193 e. The van der Waals surface area contributed by atoms with Gasteiger partial charge in [-0.1, -0.05) is 78.0 Å². The van der Waals surface area contributed by atoms with Crippen LogP contribution < -0.4 is 0 Å². The molecule has 0 aliphatic heterocycles. The van der Waals surface area contributed by atoms with Crippen LogP contribution in [0.25, 0.3) is 0 Å². The Morgan fingerprint density at radius 3 is 1.84 bits per heavy atom. The molecule has 0 saturated heterocycles. The lowest BCUT2D eigenvalue weighted by atomic mass is 10.0. The smallest absolute Gasteiger partial charge is 0.193 e. The van der Waals surface area contributed by atoms with E-state index in [9.17, 15) is 4.79 Å². The molecule has 1 aliphatic carbocycles. The summed E-state index contributed by atoms with van der Waals surface area (Å²) >= 11 is 5.84. The lowest BCUT2D eigenvalue weighted by Gasteiger charge is -2.04. The van der Waals surface area contributed by atoms with E-state index in [1.807, 2.05) is 60.7 Å². The van der Waals surface area contributed by atoms with Crippen LogP contribution in [0.4, 0.5) is 0 Å². The van der Waals surface area contributed by atoms with Gasteiger partial charge in [-0.25, -0.2) is 0 Å². The van der Waals surface area contributed by atoms with Crippen LogP contribution in [-0.2, 0) is 0 Å². The molecule has 3 aromatic carbocycles. The van der Waals surface area contributed by atoms with Crippen molar-refractivity contribution in [2.45, 2.75) is 29.6 Å². The average molecular weight is 445 g/mol. The molecule has 4 rings (SSSR count). The van der Waals surface area contributed by atoms with Gasteiger partial charge in [-0.2, -0.15) is 0 Å². The molecule has 0 bridgehead atoms. The molecule has 0 heterocycles. The lowest BCUT2D eigenvalue weighted by Crippen LogP contribution is -2.00. The maximum absolute atomic E-state index is 12.3. The van der Waals surface area contributed by atoms with Gasteiger partial charge in [0.1, 0.15) is 0 Å². The van der Waals surface area contributed by atoms with Gasteiger partial charge in [-0.05, 0) is 61.1 Å². The van der Waals surface area contributed by atoms with Crippen LogP contribution in [0.5, 0.6) is 0 Å². The van der Waals surface area contributed by atoms with E-state index in [0.29, 0.717) is 0 Å². The third kappa shape index (κ3) is 8.49. The molecular weight excluding hydrogens is 416 g/mol. The molecule has 0 saturated carbocycles. The Morgan fingerprint density at radius 1 is 0.806 bits per heavy atom. The van der Waals surface area contributed by atoms with Crippen LogP contribution in [0.15, 0.2) is 125 Å². The van der Waals surface area contributed by atoms with Gasteiger partial charge in [0.05, 0.1) is 0 Å². The molecule has 1 nitrogen and oxygen atoms in total. The minimum absolute atomic E-state index is 0.0625. The molecule has 0 radical (unpaired) electrons. The summed E-state index contributed by atoms with van der Waals surface area (Å²) in [6.45, 7) is 8.08. The van der Waals surface area contributed by atoms with Gasteiger partial charge in [0.15, 0.2) is 5.78 Å². The first-order valence-corrected chi connectivity index (χ1v) is 11.4. The predicted molar refractivity (Wildman–Crippen MR) is 138 cm³/mol. The van der Waals surface area contributed by atoms with Crippen molar-refractivity contribution >= 4 is 30.2 Å². The number of carbonyl (C=O) groups excluding carboxylic acids is 1. The zero-order chi connectivity index (χ0) is 22.5. The molecule has 3 heteroatoms. The van der Waals surface area contributed by atoms with Crippen LogP contribution in [0.3, 0.4) is 0 Å². The fourth-order valence-electron chi connectivity index (χ4n) is 2.77. The summed E-state index contributed by atoms with van der Waals surface area (Å²) in [6.07, 6.45) is 8.65. The Balaban J connectivity index is 0.000000319. The highest BCUT2D eigenvalue weighted by Crippen LogP contribution is 2.28. The van der Waals surface area contributed by atoms with E-state index in [4.69, 9.17) is 0 Å². The highest BCUT2D eigenvalue weighted by atomic mass is 32.2. The first-order valence-electron chi connectivity index (χ1n) is 10.1. The second-order valence-corrected chi connectivity index (χ2v) is 8.41. The first-order chi connectivity index (χ1) is 15.1. The number of benzene rings is 3. The summed E-state index contributed by atoms with van der Waals surface area (Å²) < 4.78 is 0. The van der Waals surface area contributed by atoms with E-state index in [0.717, 1.165) is 27.3 Å². The highest BCUT2D eigenvalue weighted by molar-refractivity contribution is 7.99. The molecule has 158 valence electrons. The third-order valence-electron chi connectivity index (χ3n) is 4.38. The predicted octanol–water partition coefficient (Wildman–Crippen LogP) is 8.33. The normalized spacial score (nSPS) is 11.9. The monoisotopic (exact) mass is 444 g/mol. The standard InChI is InChI=1S/C20H16OS.C6H8S.C2H4/c1-15-7-11-18(12-8-15)22-19-13-9-17(10-14-19)20(21)16-5-3-2-4-6-16;7-6-4-2-1-3-5-6;1-2/h2-14H,1H3;2,4-5,7H,1,3H2;1-2H2. The van der Waals surface area contributed by atoms with Crippen LogP contribution in [0.1, 0.15) is 34.3 Å². The van der Waals surface area contributed by atoms with Crippen LogP contribution >= 0.6 is 24.4 Å². The van der Waals surface area contributed by atoms with Crippen molar-refractivity contribution in [2.75, 3.05) is 0 Å². The second kappa shape index (κ2) is 13.5. The van der Waals surface area contributed by atoms with Gasteiger partial charge >= 0.3 is 0 Å². The number of hydrogen-bond donors (Lipinski definition) is 1. The molecule has 0 spiro atoms. The number of allylic oxidation sites excluding steroid dienone is 3. The van der Waals surface area contributed by atoms with Crippen molar-refractivity contribution in [3.8, 4) is 0 Å². The molecule has 0 atom stereocenters. The number of rotatable bonds is 4. The topological polar surface area (TPSA) is 17.1 Å². The Kier molecular flexibility index (Phi) is 10.7. The van der Waals surface area contributed by atoms with E-state index in [-0.39, 0.29) is 5.78 Å². The molecule has 3 aromatic rings. The van der Waals surface area contributed by atoms with Gasteiger partial charge < -0.3 is 0 Å². The Labute approximate surface area is 196 Å². The van der Waals surface area contributed by atoms with Gasteiger partial charge in [-0.3, -0.25) is 4.79 Å². The van der Waals surface area contributed by atoms with E-state index in [1.165, 1.54) is 16.9 Å². The van der Waals surface area contributed by atoms with Crippen molar-refractivity contribution in [1.29, 1.82) is 0 Å². The van der Waals surface area contributed by atoms with E-state index >= 15 is 0 Å². The van der Waals surface area contributed by atoms with E-state index in [1.54, 1.807) is 11.8 Å². The Hall–Kier alpha value is -2.75. The van der Waals surface area contributed by atoms with E-state index in [2.05, 4.69) is 69.1 Å². The molecule has 0 amide bonds. The number of ketones is 1. The lowest BCUT2D eigenvalue weighted by molar-refractivity contribution is 0.103. The van der Waals surface area contributed by atoms with Gasteiger partial charge in [0.25, 0.3) is 0 Å². The fraction of sp³-hybridized carbons (Fsp3) is 0.107. The van der Waals surface area contributed by atoms with Gasteiger partial charge in [0, 0.05) is 20.9 Å². The van der Waals surface area contributed by atoms with Crippen molar-refractivity contribution < 1.29 is 4.79 Å².